The number of benzene rings is 1. The number of hydrogen-bond donors (Lipinski definition) is 1. The smallest absolute Gasteiger partial charge is 0.338 e. The summed E-state index contributed by atoms with van der Waals surface area (Å²) in [7, 11) is 3.19. The second kappa shape index (κ2) is 8.80. The minimum absolute atomic E-state index is 0.308. The lowest BCUT2D eigenvalue weighted by Gasteiger charge is -2.26. The summed E-state index contributed by atoms with van der Waals surface area (Å²) < 4.78 is 16.0. The molecule has 1 N–H and O–H groups in total. The summed E-state index contributed by atoms with van der Waals surface area (Å²) in [6.07, 6.45) is 0. The van der Waals surface area contributed by atoms with Gasteiger partial charge in [0.15, 0.2) is 5.17 Å². The number of nitrogens with zero attached hydrogens (tertiary/aromatic N) is 1. The third-order valence-corrected chi connectivity index (χ3v) is 4.50. The molecular formula is C18H24N2O4S. The summed E-state index contributed by atoms with van der Waals surface area (Å²) in [5.74, 6) is 1.80. The molecule has 0 saturated carbocycles. The molecule has 1 aliphatic heterocycles. The van der Waals surface area contributed by atoms with E-state index in [4.69, 9.17) is 19.2 Å². The molecule has 0 aromatic heterocycles. The minimum Gasteiger partial charge on any atom is -0.497 e. The number of esters is 1. The number of hydrogen-bond acceptors (Lipinski definition) is 7. The van der Waals surface area contributed by atoms with Crippen molar-refractivity contribution in [3.63, 3.8) is 0 Å². The van der Waals surface area contributed by atoms with E-state index in [9.17, 15) is 4.79 Å². The molecule has 1 heterocycles. The van der Waals surface area contributed by atoms with Gasteiger partial charge in [-0.15, -0.1) is 0 Å². The van der Waals surface area contributed by atoms with Gasteiger partial charge < -0.3 is 19.5 Å². The SMILES string of the molecule is CCOC(=O)C1=C(C)NC(SCC)=N[C@H]1c1ccc(OC)cc1OC. The number of carbonyl (C=O) groups is 1. The molecule has 1 atom stereocenters. The molecule has 6 nitrogen and oxygen atoms in total. The maximum atomic E-state index is 12.5. The number of methoxy groups -OCH3 is 2. The Kier molecular flexibility index (Phi) is 6.75. The van der Waals surface area contributed by atoms with Gasteiger partial charge in [-0.25, -0.2) is 9.79 Å². The van der Waals surface area contributed by atoms with Crippen LogP contribution in [0.1, 0.15) is 32.4 Å². The highest BCUT2D eigenvalue weighted by molar-refractivity contribution is 8.13. The summed E-state index contributed by atoms with van der Waals surface area (Å²) in [5.41, 5.74) is 2.03. The van der Waals surface area contributed by atoms with Crippen molar-refractivity contribution < 1.29 is 19.0 Å². The van der Waals surface area contributed by atoms with Crippen LogP contribution in [0.5, 0.6) is 11.5 Å². The molecule has 0 spiro atoms. The van der Waals surface area contributed by atoms with Crippen LogP contribution in [0.4, 0.5) is 0 Å². The molecule has 136 valence electrons. The zero-order valence-corrected chi connectivity index (χ0v) is 16.0. The molecule has 7 heteroatoms. The van der Waals surface area contributed by atoms with Gasteiger partial charge in [0.05, 0.1) is 26.4 Å². The summed E-state index contributed by atoms with van der Waals surface area (Å²) >= 11 is 1.59. The number of aliphatic imine (C=N–C) groups is 1. The van der Waals surface area contributed by atoms with E-state index in [0.29, 0.717) is 23.7 Å². The van der Waals surface area contributed by atoms with E-state index in [1.165, 1.54) is 0 Å². The van der Waals surface area contributed by atoms with Gasteiger partial charge in [0, 0.05) is 17.3 Å². The molecule has 0 bridgehead atoms. The lowest BCUT2D eigenvalue weighted by Crippen LogP contribution is -2.30. The zero-order valence-electron chi connectivity index (χ0n) is 15.2. The normalized spacial score (nSPS) is 16.8. The van der Waals surface area contributed by atoms with Gasteiger partial charge in [0.25, 0.3) is 0 Å². The molecule has 0 fully saturated rings. The van der Waals surface area contributed by atoms with E-state index in [2.05, 4.69) is 12.2 Å². The van der Waals surface area contributed by atoms with Crippen LogP contribution in [0.15, 0.2) is 34.5 Å². The van der Waals surface area contributed by atoms with Gasteiger partial charge in [0.1, 0.15) is 17.5 Å². The number of allylic oxidation sites excluding steroid dienone is 1. The predicted molar refractivity (Wildman–Crippen MR) is 100 cm³/mol. The molecule has 0 amide bonds. The van der Waals surface area contributed by atoms with E-state index < -0.39 is 6.04 Å². The number of rotatable bonds is 6. The van der Waals surface area contributed by atoms with Gasteiger partial charge in [-0.05, 0) is 31.7 Å². The maximum Gasteiger partial charge on any atom is 0.338 e. The van der Waals surface area contributed by atoms with Crippen LogP contribution in [0, 0.1) is 0 Å². The van der Waals surface area contributed by atoms with Gasteiger partial charge in [-0.1, -0.05) is 18.7 Å². The Labute approximate surface area is 152 Å². The highest BCUT2D eigenvalue weighted by atomic mass is 32.2. The average molecular weight is 364 g/mol. The van der Waals surface area contributed by atoms with Crippen molar-refractivity contribution in [1.29, 1.82) is 0 Å². The van der Waals surface area contributed by atoms with E-state index in [1.54, 1.807) is 39.0 Å². The van der Waals surface area contributed by atoms with E-state index >= 15 is 0 Å². The molecule has 0 saturated heterocycles. The minimum atomic E-state index is -0.491. The highest BCUT2D eigenvalue weighted by Crippen LogP contribution is 2.39. The number of nitrogens with one attached hydrogen (secondary N) is 1. The van der Waals surface area contributed by atoms with Crippen LogP contribution in [0.3, 0.4) is 0 Å². The van der Waals surface area contributed by atoms with Crippen molar-refractivity contribution in [2.24, 2.45) is 4.99 Å². The molecule has 1 aromatic carbocycles. The van der Waals surface area contributed by atoms with Crippen LogP contribution >= 0.6 is 11.8 Å². The average Bonchev–Trinajstić information content (AvgIpc) is 2.61. The maximum absolute atomic E-state index is 12.5. The summed E-state index contributed by atoms with van der Waals surface area (Å²) in [6, 6.07) is 5.01. The number of ether oxygens (including phenoxy) is 3. The summed E-state index contributed by atoms with van der Waals surface area (Å²) in [6.45, 7) is 6.01. The molecule has 0 aliphatic carbocycles. The first-order chi connectivity index (χ1) is 12.0. The quantitative estimate of drug-likeness (QED) is 0.781. The van der Waals surface area contributed by atoms with Crippen molar-refractivity contribution in [2.75, 3.05) is 26.6 Å². The highest BCUT2D eigenvalue weighted by Gasteiger charge is 2.32. The second-order valence-electron chi connectivity index (χ2n) is 5.26. The van der Waals surface area contributed by atoms with Crippen LogP contribution in [0.25, 0.3) is 0 Å². The summed E-state index contributed by atoms with van der Waals surface area (Å²) in [4.78, 5) is 17.2. The van der Waals surface area contributed by atoms with Gasteiger partial charge in [0.2, 0.25) is 0 Å². The van der Waals surface area contributed by atoms with E-state index in [-0.39, 0.29) is 5.97 Å². The van der Waals surface area contributed by atoms with Crippen molar-refractivity contribution >= 4 is 22.9 Å². The van der Waals surface area contributed by atoms with E-state index in [1.807, 2.05) is 19.1 Å². The Bertz CT molecular complexity index is 700. The zero-order chi connectivity index (χ0) is 18.4. The molecule has 0 unspecified atom stereocenters. The first-order valence-corrected chi connectivity index (χ1v) is 9.11. The van der Waals surface area contributed by atoms with Crippen molar-refractivity contribution in [1.82, 2.24) is 5.32 Å². The molecule has 1 aromatic rings. The van der Waals surface area contributed by atoms with Gasteiger partial charge in [-0.3, -0.25) is 0 Å². The fourth-order valence-electron chi connectivity index (χ4n) is 2.60. The van der Waals surface area contributed by atoms with Gasteiger partial charge >= 0.3 is 5.97 Å². The monoisotopic (exact) mass is 364 g/mol. The Morgan fingerprint density at radius 1 is 1.28 bits per heavy atom. The fourth-order valence-corrected chi connectivity index (χ4v) is 3.28. The molecule has 1 aliphatic rings. The standard InChI is InChI=1S/C18H24N2O4S/c1-6-24-17(21)15-11(3)19-18(25-7-2)20-16(15)13-9-8-12(22-4)10-14(13)23-5/h8-10,16H,6-7H2,1-5H3,(H,19,20)/t16-/m0/s1. The van der Waals surface area contributed by atoms with Crippen molar-refractivity contribution in [3.05, 3.63) is 35.0 Å². The number of thioether (sulfide) groups is 1. The number of carbonyl (C=O) groups excluding carboxylic acids is 1. The van der Waals surface area contributed by atoms with Crippen LogP contribution < -0.4 is 14.8 Å². The summed E-state index contributed by atoms with van der Waals surface area (Å²) in [5, 5.41) is 3.97. The third kappa shape index (κ3) is 4.28. The second-order valence-corrected chi connectivity index (χ2v) is 6.51. The predicted octanol–water partition coefficient (Wildman–Crippen LogP) is 3.29. The Morgan fingerprint density at radius 2 is 2.04 bits per heavy atom. The Balaban J connectivity index is 2.54. The van der Waals surface area contributed by atoms with Crippen molar-refractivity contribution in [2.45, 2.75) is 26.8 Å². The van der Waals surface area contributed by atoms with Crippen LogP contribution in [0.2, 0.25) is 0 Å². The Morgan fingerprint density at radius 3 is 2.64 bits per heavy atom. The lowest BCUT2D eigenvalue weighted by molar-refractivity contribution is -0.138. The van der Waals surface area contributed by atoms with E-state index in [0.717, 1.165) is 22.2 Å². The Hall–Kier alpha value is -2.15. The topological polar surface area (TPSA) is 69.2 Å². The molecule has 0 radical (unpaired) electrons. The lowest BCUT2D eigenvalue weighted by atomic mass is 9.95. The molecular weight excluding hydrogens is 340 g/mol. The first-order valence-electron chi connectivity index (χ1n) is 8.13. The third-order valence-electron chi connectivity index (χ3n) is 3.73. The molecule has 25 heavy (non-hydrogen) atoms. The van der Waals surface area contributed by atoms with Crippen LogP contribution in [-0.4, -0.2) is 37.7 Å². The largest absolute Gasteiger partial charge is 0.497 e. The molecule has 2 rings (SSSR count). The fraction of sp³-hybridized carbons (Fsp3) is 0.444. The van der Waals surface area contributed by atoms with Gasteiger partial charge in [-0.2, -0.15) is 0 Å². The van der Waals surface area contributed by atoms with Crippen LogP contribution in [-0.2, 0) is 9.53 Å². The van der Waals surface area contributed by atoms with Crippen molar-refractivity contribution in [3.8, 4) is 11.5 Å². The first kappa shape index (κ1) is 19.2. The number of amidine groups is 1.